The van der Waals surface area contributed by atoms with E-state index in [-0.39, 0.29) is 36.2 Å². The molecule has 0 spiro atoms. The molecule has 2 aliphatic heterocycles. The molecule has 2 N–H and O–H groups in total. The van der Waals surface area contributed by atoms with Crippen LogP contribution in [0.2, 0.25) is 0 Å². The van der Waals surface area contributed by atoms with E-state index in [1.807, 2.05) is 0 Å². The van der Waals surface area contributed by atoms with Gasteiger partial charge in [-0.25, -0.2) is 14.4 Å². The van der Waals surface area contributed by atoms with Crippen LogP contribution in [-0.2, 0) is 23.9 Å². The lowest BCUT2D eigenvalue weighted by Gasteiger charge is -2.30. The van der Waals surface area contributed by atoms with Crippen molar-refractivity contribution in [2.24, 2.45) is 5.92 Å². The van der Waals surface area contributed by atoms with Crippen LogP contribution < -0.4 is 10.1 Å². The van der Waals surface area contributed by atoms with E-state index in [2.05, 4.69) is 25.3 Å². The first-order chi connectivity index (χ1) is 23.6. The predicted molar refractivity (Wildman–Crippen MR) is 176 cm³/mol. The SMILES string of the molecule is Cc1c(-c2ccc(OCCN3CCC(CO)CC3)cc2)cc(C(F)(F)F)c2cn(C(C(=O)Nc3nccs3)c3ncn4c3CC(F)C4)nc12. The van der Waals surface area contributed by atoms with E-state index in [0.29, 0.717) is 45.8 Å². The molecule has 5 heterocycles. The molecule has 0 aliphatic carbocycles. The van der Waals surface area contributed by atoms with Crippen molar-refractivity contribution in [3.63, 3.8) is 0 Å². The zero-order valence-electron chi connectivity index (χ0n) is 26.7. The number of aliphatic hydroxyl groups is 1. The van der Waals surface area contributed by atoms with Crippen molar-refractivity contribution < 1.29 is 32.2 Å². The lowest BCUT2D eigenvalue weighted by molar-refractivity contribution is -0.136. The number of hydrogen-bond acceptors (Lipinski definition) is 8. The highest BCUT2D eigenvalue weighted by Gasteiger charge is 2.38. The van der Waals surface area contributed by atoms with E-state index in [0.717, 1.165) is 38.5 Å². The number of benzene rings is 2. The number of piperidine rings is 1. The number of ether oxygens (including phenoxy) is 1. The second-order valence-electron chi connectivity index (χ2n) is 12.6. The van der Waals surface area contributed by atoms with Gasteiger partial charge in [0.25, 0.3) is 5.91 Å². The predicted octanol–water partition coefficient (Wildman–Crippen LogP) is 5.89. The minimum Gasteiger partial charge on any atom is -0.492 e. The maximum atomic E-state index is 14.6. The first-order valence-corrected chi connectivity index (χ1v) is 17.0. The highest BCUT2D eigenvalue weighted by Crippen LogP contribution is 2.41. The summed E-state index contributed by atoms with van der Waals surface area (Å²) in [5.41, 5.74) is 1.30. The first-order valence-electron chi connectivity index (χ1n) is 16.1. The number of aryl methyl sites for hydroxylation is 1. The summed E-state index contributed by atoms with van der Waals surface area (Å²) < 4.78 is 67.1. The summed E-state index contributed by atoms with van der Waals surface area (Å²) in [5, 5.41) is 18.5. The lowest BCUT2D eigenvalue weighted by Crippen LogP contribution is -2.37. The number of thiazole rings is 1. The van der Waals surface area contributed by atoms with Crippen LogP contribution >= 0.6 is 11.3 Å². The van der Waals surface area contributed by atoms with Crippen molar-refractivity contribution in [1.82, 2.24) is 29.2 Å². The molecule has 2 aromatic carbocycles. The monoisotopic (exact) mass is 697 g/mol. The third-order valence-corrected chi connectivity index (χ3v) is 10.1. The maximum absolute atomic E-state index is 14.6. The topological polar surface area (TPSA) is 110 Å². The van der Waals surface area contributed by atoms with E-state index >= 15 is 0 Å². The Morgan fingerprint density at radius 2 is 1.96 bits per heavy atom. The number of carbonyl (C=O) groups excluding carboxylic acids is 1. The highest BCUT2D eigenvalue weighted by molar-refractivity contribution is 7.13. The van der Waals surface area contributed by atoms with Crippen LogP contribution in [0.1, 0.15) is 41.4 Å². The molecule has 0 bridgehead atoms. The Morgan fingerprint density at radius 3 is 2.65 bits per heavy atom. The average molecular weight is 698 g/mol. The number of hydrogen-bond donors (Lipinski definition) is 2. The van der Waals surface area contributed by atoms with E-state index in [1.54, 1.807) is 41.1 Å². The molecule has 1 fully saturated rings. The molecular formula is C34H35F4N7O3S. The number of anilines is 1. The van der Waals surface area contributed by atoms with Gasteiger partial charge < -0.3 is 14.4 Å². The second-order valence-corrected chi connectivity index (χ2v) is 13.5. The number of likely N-dealkylation sites (tertiary alicyclic amines) is 1. The number of nitrogens with one attached hydrogen (secondary N) is 1. The first kappa shape index (κ1) is 33.2. The summed E-state index contributed by atoms with van der Waals surface area (Å²) >= 11 is 1.19. The Balaban J connectivity index is 1.20. The molecule has 10 nitrogen and oxygen atoms in total. The van der Waals surface area contributed by atoms with Gasteiger partial charge in [0.2, 0.25) is 0 Å². The molecule has 1 saturated heterocycles. The Hall–Kier alpha value is -4.34. The summed E-state index contributed by atoms with van der Waals surface area (Å²) in [4.78, 5) is 24.5. The molecule has 3 aromatic heterocycles. The number of aliphatic hydroxyl groups excluding tert-OH is 1. The smallest absolute Gasteiger partial charge is 0.417 e. The van der Waals surface area contributed by atoms with Crippen LogP contribution in [0.3, 0.4) is 0 Å². The summed E-state index contributed by atoms with van der Waals surface area (Å²) in [6.45, 7) is 5.03. The van der Waals surface area contributed by atoms with Gasteiger partial charge in [0.1, 0.15) is 18.5 Å². The molecule has 2 atom stereocenters. The fraction of sp³-hybridized carbons (Fsp3) is 0.412. The van der Waals surface area contributed by atoms with Crippen LogP contribution in [0.25, 0.3) is 22.0 Å². The minimum absolute atomic E-state index is 0.0249. The molecule has 2 unspecified atom stereocenters. The molecule has 49 heavy (non-hydrogen) atoms. The fourth-order valence-electron chi connectivity index (χ4n) is 6.75. The highest BCUT2D eigenvalue weighted by atomic mass is 32.1. The molecule has 5 aromatic rings. The van der Waals surface area contributed by atoms with Gasteiger partial charge in [-0.05, 0) is 73.7 Å². The zero-order valence-corrected chi connectivity index (χ0v) is 27.5. The molecule has 258 valence electrons. The summed E-state index contributed by atoms with van der Waals surface area (Å²) in [7, 11) is 0. The maximum Gasteiger partial charge on any atom is 0.417 e. The Morgan fingerprint density at radius 1 is 1.18 bits per heavy atom. The zero-order chi connectivity index (χ0) is 34.3. The number of nitrogens with zero attached hydrogens (tertiary/aromatic N) is 6. The van der Waals surface area contributed by atoms with Crippen molar-refractivity contribution in [2.75, 3.05) is 38.2 Å². The summed E-state index contributed by atoms with van der Waals surface area (Å²) in [6.07, 6.45) is 0.230. The van der Waals surface area contributed by atoms with Gasteiger partial charge in [-0.2, -0.15) is 18.3 Å². The average Bonchev–Trinajstić information content (AvgIpc) is 3.89. The van der Waals surface area contributed by atoms with Gasteiger partial charge in [-0.3, -0.25) is 19.7 Å². The lowest BCUT2D eigenvalue weighted by atomic mass is 9.95. The number of rotatable bonds is 10. The Labute approximate surface area is 283 Å². The quantitative estimate of drug-likeness (QED) is 0.175. The number of fused-ring (bicyclic) bond motifs is 2. The number of imidazole rings is 1. The third-order valence-electron chi connectivity index (χ3n) is 9.40. The largest absolute Gasteiger partial charge is 0.492 e. The van der Waals surface area contributed by atoms with Gasteiger partial charge in [0.15, 0.2) is 11.2 Å². The van der Waals surface area contributed by atoms with Gasteiger partial charge in [0, 0.05) is 48.4 Å². The van der Waals surface area contributed by atoms with E-state index < -0.39 is 29.9 Å². The van der Waals surface area contributed by atoms with Gasteiger partial charge in [-0.1, -0.05) is 12.1 Å². The normalized spacial score (nSPS) is 17.8. The van der Waals surface area contributed by atoms with Crippen LogP contribution in [0, 0.1) is 12.8 Å². The molecule has 1 amide bonds. The van der Waals surface area contributed by atoms with Crippen LogP contribution in [0.4, 0.5) is 22.7 Å². The summed E-state index contributed by atoms with van der Waals surface area (Å²) in [6, 6.07) is 6.75. The third kappa shape index (κ3) is 6.79. The standard InChI is InChI=1S/C34H35F4N7O3S/c1-20-25(22-2-4-24(5-3-22)48-12-11-43-9-6-21(18-46)7-10-43)15-27(34(36,37)38)26-17-45(42-29(20)26)31(32(47)41-33-39-8-13-49-33)30-28-14-23(35)16-44(28)19-40-30/h2-5,8,13,15,17,19,21,23,31,46H,6-7,9-12,14,16,18H2,1H3,(H,39,41,47). The van der Waals surface area contributed by atoms with E-state index in [9.17, 15) is 27.5 Å². The van der Waals surface area contributed by atoms with Gasteiger partial charge >= 0.3 is 6.18 Å². The molecule has 7 rings (SSSR count). The van der Waals surface area contributed by atoms with Crippen LogP contribution in [0.15, 0.2) is 54.4 Å². The van der Waals surface area contributed by atoms with Crippen molar-refractivity contribution in [3.8, 4) is 16.9 Å². The van der Waals surface area contributed by atoms with Crippen molar-refractivity contribution in [1.29, 1.82) is 0 Å². The number of alkyl halides is 4. The molecule has 15 heteroatoms. The van der Waals surface area contributed by atoms with Crippen molar-refractivity contribution in [3.05, 3.63) is 76.9 Å². The second kappa shape index (κ2) is 13.5. The van der Waals surface area contributed by atoms with Crippen LogP contribution in [-0.4, -0.2) is 79.2 Å². The van der Waals surface area contributed by atoms with Crippen LogP contribution in [0.5, 0.6) is 5.75 Å². The molecule has 0 saturated carbocycles. The molecule has 0 radical (unpaired) electrons. The van der Waals surface area contributed by atoms with E-state index in [4.69, 9.17) is 4.74 Å². The summed E-state index contributed by atoms with van der Waals surface area (Å²) in [5.74, 6) is 0.352. The number of halogens is 4. The number of amides is 1. The van der Waals surface area contributed by atoms with Crippen molar-refractivity contribution >= 4 is 33.3 Å². The molecular weight excluding hydrogens is 662 g/mol. The van der Waals surface area contributed by atoms with Gasteiger partial charge in [-0.15, -0.1) is 11.3 Å². The van der Waals surface area contributed by atoms with Crippen molar-refractivity contribution in [2.45, 2.75) is 51.1 Å². The Bertz CT molecular complexity index is 1930. The number of aromatic nitrogens is 5. The minimum atomic E-state index is -4.72. The Kier molecular flexibility index (Phi) is 9.15. The molecule has 2 aliphatic rings. The van der Waals surface area contributed by atoms with E-state index in [1.165, 1.54) is 34.7 Å². The fourth-order valence-corrected chi connectivity index (χ4v) is 7.29. The van der Waals surface area contributed by atoms with Gasteiger partial charge in [0.05, 0.1) is 29.6 Å². The number of carbonyl (C=O) groups is 1.